The van der Waals surface area contributed by atoms with Crippen molar-refractivity contribution in [2.24, 2.45) is 10.9 Å². The predicted octanol–water partition coefficient (Wildman–Crippen LogP) is 1.09. The van der Waals surface area contributed by atoms with E-state index in [-0.39, 0.29) is 12.5 Å². The maximum atomic E-state index is 12.2. The van der Waals surface area contributed by atoms with Crippen molar-refractivity contribution in [1.29, 1.82) is 0 Å². The van der Waals surface area contributed by atoms with Gasteiger partial charge in [-0.2, -0.15) is 0 Å². The number of aromatic amines is 1. The summed E-state index contributed by atoms with van der Waals surface area (Å²) >= 11 is 0. The number of aliphatic hydroxyl groups is 1. The van der Waals surface area contributed by atoms with Crippen molar-refractivity contribution in [3.05, 3.63) is 35.8 Å². The number of nitrogens with zero attached hydrogens (tertiary/aromatic N) is 3. The highest BCUT2D eigenvalue weighted by molar-refractivity contribution is 6.14. The highest BCUT2D eigenvalue weighted by atomic mass is 16.3. The monoisotopic (exact) mass is 325 g/mol. The van der Waals surface area contributed by atoms with E-state index >= 15 is 0 Å². The molecule has 7 nitrogen and oxygen atoms in total. The largest absolute Gasteiger partial charge is 0.396 e. The third kappa shape index (κ3) is 2.67. The van der Waals surface area contributed by atoms with Gasteiger partial charge in [-0.25, -0.2) is 9.98 Å². The lowest BCUT2D eigenvalue weighted by Gasteiger charge is -2.31. The highest BCUT2D eigenvalue weighted by Crippen LogP contribution is 2.22. The molecule has 0 bridgehead atoms. The molecule has 1 amide bonds. The maximum absolute atomic E-state index is 12.2. The minimum absolute atomic E-state index is 0.187. The highest BCUT2D eigenvalue weighted by Gasteiger charge is 2.27. The molecule has 0 aromatic carbocycles. The lowest BCUT2D eigenvalue weighted by Crippen LogP contribution is -2.45. The number of hydrogen-bond donors (Lipinski definition) is 3. The average Bonchev–Trinajstić information content (AvgIpc) is 3.20. The van der Waals surface area contributed by atoms with Crippen molar-refractivity contribution >= 4 is 29.0 Å². The number of aliphatic imine (C=N–C) groups is 1. The maximum Gasteiger partial charge on any atom is 0.276 e. The van der Waals surface area contributed by atoms with Crippen LogP contribution in [0, 0.1) is 5.92 Å². The average molecular weight is 325 g/mol. The van der Waals surface area contributed by atoms with Gasteiger partial charge in [-0.05, 0) is 37.0 Å². The summed E-state index contributed by atoms with van der Waals surface area (Å²) in [7, 11) is 0. The third-order valence-corrected chi connectivity index (χ3v) is 4.63. The van der Waals surface area contributed by atoms with Crippen molar-refractivity contribution in [2.75, 3.05) is 19.7 Å². The summed E-state index contributed by atoms with van der Waals surface area (Å²) in [5.74, 6) is 0.779. The first-order valence-electron chi connectivity index (χ1n) is 8.14. The molecule has 3 N–H and O–H groups in total. The number of rotatable bonds is 2. The van der Waals surface area contributed by atoms with Gasteiger partial charge in [0.05, 0.1) is 0 Å². The second-order valence-corrected chi connectivity index (χ2v) is 6.18. The van der Waals surface area contributed by atoms with E-state index in [1.165, 1.54) is 0 Å². The molecule has 0 atom stereocenters. The summed E-state index contributed by atoms with van der Waals surface area (Å²) in [5.41, 5.74) is 2.09. The fourth-order valence-corrected chi connectivity index (χ4v) is 3.18. The van der Waals surface area contributed by atoms with Gasteiger partial charge in [0, 0.05) is 43.0 Å². The molecule has 124 valence electrons. The molecule has 2 aromatic heterocycles. The molecule has 0 saturated carbocycles. The SMILES string of the molecule is O=C1NC(N2CCC(CO)CC2)=NC1=Cc1c[nH]c2ncccc12. The second kappa shape index (κ2) is 6.09. The summed E-state index contributed by atoms with van der Waals surface area (Å²) in [6, 6.07) is 3.83. The van der Waals surface area contributed by atoms with Gasteiger partial charge in [0.1, 0.15) is 11.3 Å². The lowest BCUT2D eigenvalue weighted by atomic mass is 9.98. The van der Waals surface area contributed by atoms with Gasteiger partial charge >= 0.3 is 0 Å². The van der Waals surface area contributed by atoms with E-state index in [0.29, 0.717) is 17.6 Å². The van der Waals surface area contributed by atoms with Crippen molar-refractivity contribution in [2.45, 2.75) is 12.8 Å². The number of pyridine rings is 1. The number of aliphatic hydroxyl groups excluding tert-OH is 1. The van der Waals surface area contributed by atoms with Crippen LogP contribution in [0.4, 0.5) is 0 Å². The zero-order valence-corrected chi connectivity index (χ0v) is 13.2. The molecule has 0 radical (unpaired) electrons. The molecule has 2 aromatic rings. The smallest absolute Gasteiger partial charge is 0.276 e. The molecule has 0 spiro atoms. The van der Waals surface area contributed by atoms with E-state index in [2.05, 4.69) is 25.2 Å². The van der Waals surface area contributed by atoms with E-state index in [1.54, 1.807) is 12.3 Å². The molecule has 2 aliphatic heterocycles. The van der Waals surface area contributed by atoms with Gasteiger partial charge in [-0.15, -0.1) is 0 Å². The van der Waals surface area contributed by atoms with E-state index in [1.807, 2.05) is 18.3 Å². The normalized spacial score (nSPS) is 20.7. The predicted molar refractivity (Wildman–Crippen MR) is 91.0 cm³/mol. The van der Waals surface area contributed by atoms with Crippen LogP contribution in [0.5, 0.6) is 0 Å². The fourth-order valence-electron chi connectivity index (χ4n) is 3.18. The molecule has 24 heavy (non-hydrogen) atoms. The molecule has 1 saturated heterocycles. The number of nitrogens with one attached hydrogen (secondary N) is 2. The van der Waals surface area contributed by atoms with Crippen LogP contribution >= 0.6 is 0 Å². The Morgan fingerprint density at radius 2 is 2.21 bits per heavy atom. The van der Waals surface area contributed by atoms with Crippen LogP contribution in [-0.2, 0) is 4.79 Å². The van der Waals surface area contributed by atoms with E-state index in [9.17, 15) is 9.90 Å². The molecule has 4 rings (SSSR count). The first kappa shape index (κ1) is 14.9. The summed E-state index contributed by atoms with van der Waals surface area (Å²) < 4.78 is 0. The van der Waals surface area contributed by atoms with Gasteiger partial charge in [0.15, 0.2) is 0 Å². The number of carbonyl (C=O) groups is 1. The molecule has 1 fully saturated rings. The van der Waals surface area contributed by atoms with Crippen LogP contribution < -0.4 is 5.32 Å². The summed E-state index contributed by atoms with van der Waals surface area (Å²) in [6.07, 6.45) is 7.17. The number of carbonyl (C=O) groups excluding carboxylic acids is 1. The third-order valence-electron chi connectivity index (χ3n) is 4.63. The van der Waals surface area contributed by atoms with Crippen molar-refractivity contribution in [1.82, 2.24) is 20.2 Å². The van der Waals surface area contributed by atoms with Crippen molar-refractivity contribution in [3.63, 3.8) is 0 Å². The fraction of sp³-hybridized carbons (Fsp3) is 0.353. The summed E-state index contributed by atoms with van der Waals surface area (Å²) in [6.45, 7) is 1.83. The number of amides is 1. The zero-order valence-electron chi connectivity index (χ0n) is 13.2. The number of piperidine rings is 1. The number of guanidine groups is 1. The number of aromatic nitrogens is 2. The molecular formula is C17H19N5O2. The molecular weight excluding hydrogens is 306 g/mol. The second-order valence-electron chi connectivity index (χ2n) is 6.18. The van der Waals surface area contributed by atoms with Crippen LogP contribution in [-0.4, -0.2) is 51.5 Å². The zero-order chi connectivity index (χ0) is 16.5. The number of hydrogen-bond acceptors (Lipinski definition) is 5. The van der Waals surface area contributed by atoms with Crippen molar-refractivity contribution in [3.8, 4) is 0 Å². The first-order chi connectivity index (χ1) is 11.7. The van der Waals surface area contributed by atoms with Gasteiger partial charge in [0.2, 0.25) is 5.96 Å². The van der Waals surface area contributed by atoms with Crippen molar-refractivity contribution < 1.29 is 9.90 Å². The van der Waals surface area contributed by atoms with Crippen LogP contribution in [0.3, 0.4) is 0 Å². The lowest BCUT2D eigenvalue weighted by molar-refractivity contribution is -0.115. The van der Waals surface area contributed by atoms with Gasteiger partial charge < -0.3 is 15.0 Å². The Labute approximate surface area is 139 Å². The topological polar surface area (TPSA) is 93.6 Å². The Hall–Kier alpha value is -2.67. The Kier molecular flexibility index (Phi) is 3.78. The van der Waals surface area contributed by atoms with Gasteiger partial charge in [-0.1, -0.05) is 0 Å². The van der Waals surface area contributed by atoms with E-state index in [4.69, 9.17) is 0 Å². The van der Waals surface area contributed by atoms with Crippen LogP contribution in [0.1, 0.15) is 18.4 Å². The Morgan fingerprint density at radius 3 is 3.00 bits per heavy atom. The molecule has 0 aliphatic carbocycles. The molecule has 7 heteroatoms. The van der Waals surface area contributed by atoms with E-state index in [0.717, 1.165) is 42.5 Å². The number of likely N-dealkylation sites (tertiary alicyclic amines) is 1. The number of fused-ring (bicyclic) bond motifs is 1. The van der Waals surface area contributed by atoms with Crippen LogP contribution in [0.15, 0.2) is 35.2 Å². The van der Waals surface area contributed by atoms with Gasteiger partial charge in [-0.3, -0.25) is 10.1 Å². The number of H-pyrrole nitrogens is 1. The molecule has 0 unspecified atom stereocenters. The molecule has 2 aliphatic rings. The standard InChI is InChI=1S/C17H19N5O2/c23-10-11-3-6-22(7-4-11)17-20-14(16(24)21-17)8-12-9-19-15-13(12)2-1-5-18-15/h1-2,5,8-9,11,23H,3-4,6-7,10H2,(H,18,19)(H,20,21,24). The Morgan fingerprint density at radius 1 is 1.38 bits per heavy atom. The first-order valence-corrected chi connectivity index (χ1v) is 8.14. The minimum Gasteiger partial charge on any atom is -0.396 e. The van der Waals surface area contributed by atoms with Gasteiger partial charge in [0.25, 0.3) is 5.91 Å². The van der Waals surface area contributed by atoms with Crippen LogP contribution in [0.2, 0.25) is 0 Å². The minimum atomic E-state index is -0.187. The molecule has 4 heterocycles. The Balaban J connectivity index is 1.57. The van der Waals surface area contributed by atoms with E-state index < -0.39 is 0 Å². The summed E-state index contributed by atoms with van der Waals surface area (Å²) in [4.78, 5) is 26.1. The quantitative estimate of drug-likeness (QED) is 0.721. The Bertz CT molecular complexity index is 830. The summed E-state index contributed by atoms with van der Waals surface area (Å²) in [5, 5.41) is 13.0. The van der Waals surface area contributed by atoms with Crippen LogP contribution in [0.25, 0.3) is 17.1 Å².